The molecule has 0 fully saturated rings. The van der Waals surface area contributed by atoms with Crippen molar-refractivity contribution in [2.45, 2.75) is 13.5 Å². The van der Waals surface area contributed by atoms with Crippen molar-refractivity contribution < 1.29 is 4.39 Å². The van der Waals surface area contributed by atoms with Gasteiger partial charge in [-0.2, -0.15) is 0 Å². The van der Waals surface area contributed by atoms with Gasteiger partial charge in [-0.25, -0.2) is 4.39 Å². The first-order valence-electron chi connectivity index (χ1n) is 9.52. The van der Waals surface area contributed by atoms with E-state index >= 15 is 0 Å². The van der Waals surface area contributed by atoms with Crippen molar-refractivity contribution in [3.8, 4) is 10.4 Å². The summed E-state index contributed by atoms with van der Waals surface area (Å²) < 4.78 is 18.7. The fourth-order valence-corrected chi connectivity index (χ4v) is 5.18. The molecule has 6 heteroatoms. The minimum Gasteiger partial charge on any atom is -0.288 e. The maximum Gasteiger partial charge on any atom is 0.261 e. The largest absolute Gasteiger partial charge is 0.288 e. The topological polar surface area (TPSA) is 26.4 Å². The SMILES string of the molecule is Cc1ccc(-c2sc(=S)n3c4ccccc4c(=O)n(Cc4ccccc4F)c23)cc1. The molecule has 2 aromatic heterocycles. The monoisotopic (exact) mass is 432 g/mol. The molecule has 0 atom stereocenters. The van der Waals surface area contributed by atoms with E-state index in [4.69, 9.17) is 12.2 Å². The Labute approximate surface area is 181 Å². The zero-order valence-electron chi connectivity index (χ0n) is 16.1. The molecule has 0 unspecified atom stereocenters. The summed E-state index contributed by atoms with van der Waals surface area (Å²) in [6.07, 6.45) is 0. The molecular weight excluding hydrogens is 415 g/mol. The zero-order valence-corrected chi connectivity index (χ0v) is 17.8. The van der Waals surface area contributed by atoms with Crippen molar-refractivity contribution in [1.82, 2.24) is 8.97 Å². The first-order chi connectivity index (χ1) is 14.5. The Hall–Kier alpha value is -3.09. The minimum absolute atomic E-state index is 0.129. The number of para-hydroxylation sites is 1. The Morgan fingerprint density at radius 1 is 0.967 bits per heavy atom. The summed E-state index contributed by atoms with van der Waals surface area (Å²) in [7, 11) is 0. The van der Waals surface area contributed by atoms with Gasteiger partial charge in [0.05, 0.1) is 22.3 Å². The summed E-state index contributed by atoms with van der Waals surface area (Å²) in [5.74, 6) is -0.332. The average Bonchev–Trinajstić information content (AvgIpc) is 3.10. The van der Waals surface area contributed by atoms with Crippen LogP contribution in [-0.4, -0.2) is 8.97 Å². The smallest absolute Gasteiger partial charge is 0.261 e. The van der Waals surface area contributed by atoms with Crippen LogP contribution in [0.25, 0.3) is 27.0 Å². The maximum absolute atomic E-state index is 14.5. The van der Waals surface area contributed by atoms with E-state index in [0.717, 1.165) is 21.5 Å². The number of aryl methyl sites for hydroxylation is 1. The van der Waals surface area contributed by atoms with E-state index in [1.165, 1.54) is 17.4 Å². The van der Waals surface area contributed by atoms with Crippen LogP contribution in [0.5, 0.6) is 0 Å². The third-order valence-corrected chi connectivity index (χ3v) is 6.68. The highest BCUT2D eigenvalue weighted by atomic mass is 32.1. The predicted octanol–water partition coefficient (Wildman–Crippen LogP) is 6.21. The molecule has 0 aliphatic carbocycles. The number of hydrogen-bond donors (Lipinski definition) is 0. The number of halogens is 1. The van der Waals surface area contributed by atoms with E-state index in [-0.39, 0.29) is 17.9 Å². The van der Waals surface area contributed by atoms with Gasteiger partial charge in [-0.1, -0.05) is 60.2 Å². The highest BCUT2D eigenvalue weighted by Gasteiger charge is 2.19. The molecular formula is C24H17FN2OS2. The number of rotatable bonds is 3. The van der Waals surface area contributed by atoms with Crippen molar-refractivity contribution in [2.75, 3.05) is 0 Å². The highest BCUT2D eigenvalue weighted by Crippen LogP contribution is 2.33. The lowest BCUT2D eigenvalue weighted by atomic mass is 10.1. The lowest BCUT2D eigenvalue weighted by molar-refractivity contribution is 0.599. The first kappa shape index (κ1) is 18.9. The van der Waals surface area contributed by atoms with Crippen LogP contribution in [0.3, 0.4) is 0 Å². The molecule has 0 spiro atoms. The van der Waals surface area contributed by atoms with Crippen molar-refractivity contribution >= 4 is 40.1 Å². The molecule has 0 bridgehead atoms. The molecule has 0 saturated heterocycles. The molecule has 0 aliphatic heterocycles. The van der Waals surface area contributed by atoms with Gasteiger partial charge < -0.3 is 0 Å². The van der Waals surface area contributed by atoms with E-state index < -0.39 is 0 Å². The van der Waals surface area contributed by atoms with E-state index in [1.54, 1.807) is 28.8 Å². The Morgan fingerprint density at radius 3 is 2.43 bits per heavy atom. The lowest BCUT2D eigenvalue weighted by Gasteiger charge is -2.14. The van der Waals surface area contributed by atoms with Crippen LogP contribution in [0.15, 0.2) is 77.6 Å². The van der Waals surface area contributed by atoms with Gasteiger partial charge in [-0.05, 0) is 42.9 Å². The second-order valence-corrected chi connectivity index (χ2v) is 8.87. The number of thiazole rings is 1. The van der Waals surface area contributed by atoms with Crippen molar-refractivity contribution in [1.29, 1.82) is 0 Å². The van der Waals surface area contributed by atoms with Gasteiger partial charge in [0.25, 0.3) is 5.56 Å². The van der Waals surface area contributed by atoms with Gasteiger partial charge in [-0.3, -0.25) is 13.8 Å². The summed E-state index contributed by atoms with van der Waals surface area (Å²) in [4.78, 5) is 14.4. The van der Waals surface area contributed by atoms with Crippen LogP contribution in [0, 0.1) is 16.7 Å². The summed E-state index contributed by atoms with van der Waals surface area (Å²) in [6, 6.07) is 22.1. The predicted molar refractivity (Wildman–Crippen MR) is 124 cm³/mol. The molecule has 0 radical (unpaired) electrons. The molecule has 0 N–H and O–H groups in total. The fraction of sp³-hybridized carbons (Fsp3) is 0.0833. The van der Waals surface area contributed by atoms with E-state index in [0.29, 0.717) is 20.6 Å². The Balaban J connectivity index is 1.92. The maximum atomic E-state index is 14.5. The molecule has 0 aliphatic rings. The van der Waals surface area contributed by atoms with Crippen LogP contribution in [0.1, 0.15) is 11.1 Å². The van der Waals surface area contributed by atoms with E-state index in [9.17, 15) is 9.18 Å². The molecule has 3 nitrogen and oxygen atoms in total. The quantitative estimate of drug-likeness (QED) is 0.317. The summed E-state index contributed by atoms with van der Waals surface area (Å²) in [5.41, 5.74) is 3.90. The Kier molecular flexibility index (Phi) is 4.60. The van der Waals surface area contributed by atoms with Crippen molar-refractivity contribution in [3.63, 3.8) is 0 Å². The molecule has 30 heavy (non-hydrogen) atoms. The van der Waals surface area contributed by atoms with E-state index in [1.807, 2.05) is 53.8 Å². The second-order valence-electron chi connectivity index (χ2n) is 7.22. The third kappa shape index (κ3) is 3.00. The molecule has 148 valence electrons. The van der Waals surface area contributed by atoms with Crippen LogP contribution in [0.2, 0.25) is 0 Å². The highest BCUT2D eigenvalue weighted by molar-refractivity contribution is 7.73. The minimum atomic E-state index is -0.332. The number of nitrogens with zero attached hydrogens (tertiary/aromatic N) is 2. The third-order valence-electron chi connectivity index (χ3n) is 5.26. The van der Waals surface area contributed by atoms with Crippen LogP contribution >= 0.6 is 23.6 Å². The van der Waals surface area contributed by atoms with Crippen LogP contribution in [0.4, 0.5) is 4.39 Å². The first-order valence-corrected chi connectivity index (χ1v) is 10.7. The Bertz CT molecular complexity index is 1530. The van der Waals surface area contributed by atoms with Crippen LogP contribution < -0.4 is 5.56 Å². The van der Waals surface area contributed by atoms with E-state index in [2.05, 4.69) is 0 Å². The molecule has 5 rings (SSSR count). The van der Waals surface area contributed by atoms with Crippen LogP contribution in [-0.2, 0) is 6.54 Å². The number of aromatic nitrogens is 2. The summed E-state index contributed by atoms with van der Waals surface area (Å²) >= 11 is 7.18. The number of fused-ring (bicyclic) bond motifs is 3. The molecule has 3 aromatic carbocycles. The Morgan fingerprint density at radius 2 is 1.67 bits per heavy atom. The molecule has 0 saturated carbocycles. The normalized spacial score (nSPS) is 11.4. The van der Waals surface area contributed by atoms with Gasteiger partial charge in [-0.15, -0.1) is 11.3 Å². The molecule has 2 heterocycles. The lowest BCUT2D eigenvalue weighted by Crippen LogP contribution is -2.24. The summed E-state index contributed by atoms with van der Waals surface area (Å²) in [5, 5.41) is 0.561. The fourth-order valence-electron chi connectivity index (χ4n) is 3.75. The van der Waals surface area contributed by atoms with Gasteiger partial charge in [0.1, 0.15) is 11.5 Å². The zero-order chi connectivity index (χ0) is 20.8. The van der Waals surface area contributed by atoms with Gasteiger partial charge in [0.2, 0.25) is 0 Å². The van der Waals surface area contributed by atoms with Crippen molar-refractivity contribution in [3.05, 3.63) is 104 Å². The number of hydrogen-bond acceptors (Lipinski definition) is 3. The number of benzene rings is 3. The molecule has 0 amide bonds. The standard InChI is InChI=1S/C24H17FN2OS2/c1-15-10-12-16(13-11-15)21-22-26(14-17-6-2-4-8-19(17)25)23(28)18-7-3-5-9-20(18)27(22)24(29)30-21/h2-13H,14H2,1H3. The average molecular weight is 433 g/mol. The van der Waals surface area contributed by atoms with Gasteiger partial charge >= 0.3 is 0 Å². The van der Waals surface area contributed by atoms with Gasteiger partial charge in [0.15, 0.2) is 3.95 Å². The van der Waals surface area contributed by atoms with Crippen molar-refractivity contribution in [2.24, 2.45) is 0 Å². The molecule has 5 aromatic rings. The van der Waals surface area contributed by atoms with Gasteiger partial charge in [0, 0.05) is 5.56 Å². The second kappa shape index (κ2) is 7.31. The summed E-state index contributed by atoms with van der Waals surface area (Å²) in [6.45, 7) is 2.16.